The van der Waals surface area contributed by atoms with Crippen molar-refractivity contribution < 1.29 is 14.0 Å². The summed E-state index contributed by atoms with van der Waals surface area (Å²) in [4.78, 5) is 27.7. The molecule has 2 N–H and O–H groups in total. The van der Waals surface area contributed by atoms with E-state index in [2.05, 4.69) is 15.8 Å². The van der Waals surface area contributed by atoms with Crippen LogP contribution in [-0.4, -0.2) is 32.1 Å². The minimum Gasteiger partial charge on any atom is -0.455 e. The molecule has 0 spiro atoms. The Morgan fingerprint density at radius 1 is 0.919 bits per heavy atom. The van der Waals surface area contributed by atoms with E-state index in [1.54, 1.807) is 54.6 Å². The summed E-state index contributed by atoms with van der Waals surface area (Å²) in [5, 5.41) is 7.29. The molecule has 1 aromatic heterocycles. The zero-order valence-electron chi connectivity index (χ0n) is 20.3. The zero-order chi connectivity index (χ0) is 26.2. The first-order valence-electron chi connectivity index (χ1n) is 11.4. The molecule has 0 bridgehead atoms. The molecule has 0 saturated heterocycles. The van der Waals surface area contributed by atoms with E-state index in [4.69, 9.17) is 16.0 Å². The Morgan fingerprint density at radius 2 is 1.68 bits per heavy atom. The van der Waals surface area contributed by atoms with Gasteiger partial charge >= 0.3 is 0 Å². The highest BCUT2D eigenvalue weighted by Crippen LogP contribution is 2.24. The predicted octanol–water partition coefficient (Wildman–Crippen LogP) is 5.59. The van der Waals surface area contributed by atoms with Crippen molar-refractivity contribution in [3.05, 3.63) is 119 Å². The third-order valence-electron chi connectivity index (χ3n) is 5.34. The largest absolute Gasteiger partial charge is 0.455 e. The molecular formula is C29H25ClN4O3. The smallest absolute Gasteiger partial charge is 0.287 e. The lowest BCUT2D eigenvalue weighted by atomic mass is 10.1. The summed E-state index contributed by atoms with van der Waals surface area (Å²) in [5.41, 5.74) is 5.50. The molecule has 0 saturated carbocycles. The van der Waals surface area contributed by atoms with Crippen LogP contribution in [0.25, 0.3) is 17.4 Å². The second-order valence-corrected chi connectivity index (χ2v) is 8.71. The van der Waals surface area contributed by atoms with Gasteiger partial charge in [0.2, 0.25) is 0 Å². The highest BCUT2D eigenvalue weighted by Gasteiger charge is 2.14. The van der Waals surface area contributed by atoms with Gasteiger partial charge in [-0.25, -0.2) is 5.43 Å². The molecule has 0 fully saturated rings. The SMILES string of the molecule is CN(C)c1ccc(C=C(NC(=O)c2ccccc2)C(=O)NN=Cc2ccc(-c3cccc(Cl)c3)o2)cc1. The molecule has 1 heterocycles. The number of carbonyl (C=O) groups excluding carboxylic acids is 2. The Balaban J connectivity index is 1.50. The topological polar surface area (TPSA) is 86.9 Å². The quantitative estimate of drug-likeness (QED) is 0.183. The van der Waals surface area contributed by atoms with Crippen molar-refractivity contribution in [3.8, 4) is 11.3 Å². The number of hydrazone groups is 1. The number of nitrogens with one attached hydrogen (secondary N) is 2. The normalized spacial score (nSPS) is 11.4. The molecule has 37 heavy (non-hydrogen) atoms. The summed E-state index contributed by atoms with van der Waals surface area (Å²) in [6.07, 6.45) is 2.98. The maximum atomic E-state index is 13.0. The number of nitrogens with zero attached hydrogens (tertiary/aromatic N) is 2. The molecule has 4 aromatic rings. The Labute approximate surface area is 220 Å². The lowest BCUT2D eigenvalue weighted by Crippen LogP contribution is -2.32. The van der Waals surface area contributed by atoms with Gasteiger partial charge in [-0.3, -0.25) is 9.59 Å². The van der Waals surface area contributed by atoms with Crippen LogP contribution in [0.3, 0.4) is 0 Å². The van der Waals surface area contributed by atoms with E-state index in [0.29, 0.717) is 22.1 Å². The fraction of sp³-hybridized carbons (Fsp3) is 0.0690. The number of hydrogen-bond acceptors (Lipinski definition) is 5. The molecule has 0 unspecified atom stereocenters. The van der Waals surface area contributed by atoms with Gasteiger partial charge in [-0.1, -0.05) is 54.1 Å². The summed E-state index contributed by atoms with van der Waals surface area (Å²) in [6.45, 7) is 0. The van der Waals surface area contributed by atoms with E-state index >= 15 is 0 Å². The van der Waals surface area contributed by atoms with Crippen LogP contribution in [0.1, 0.15) is 21.7 Å². The molecular weight excluding hydrogens is 488 g/mol. The Bertz CT molecular complexity index is 1440. The summed E-state index contributed by atoms with van der Waals surface area (Å²) < 4.78 is 5.77. The van der Waals surface area contributed by atoms with E-state index < -0.39 is 11.8 Å². The standard InChI is InChI=1S/C29H25ClN4O3/c1-34(2)24-13-11-20(12-14-24)17-26(32-28(35)21-7-4-3-5-8-21)29(36)33-31-19-25-15-16-27(37-25)22-9-6-10-23(30)18-22/h3-19H,1-2H3,(H,32,35)(H,33,36). The maximum absolute atomic E-state index is 13.0. The minimum absolute atomic E-state index is 0.0441. The van der Waals surface area contributed by atoms with E-state index in [-0.39, 0.29) is 5.70 Å². The second kappa shape index (κ2) is 11.9. The lowest BCUT2D eigenvalue weighted by Gasteiger charge is -2.12. The average molecular weight is 513 g/mol. The first-order valence-corrected chi connectivity index (χ1v) is 11.8. The highest BCUT2D eigenvalue weighted by atomic mass is 35.5. The molecule has 7 nitrogen and oxygen atoms in total. The first kappa shape index (κ1) is 25.5. The number of halogens is 1. The number of anilines is 1. The third-order valence-corrected chi connectivity index (χ3v) is 5.58. The first-order chi connectivity index (χ1) is 17.9. The van der Waals surface area contributed by atoms with Crippen molar-refractivity contribution in [2.75, 3.05) is 19.0 Å². The van der Waals surface area contributed by atoms with E-state index in [0.717, 1.165) is 16.8 Å². The summed E-state index contributed by atoms with van der Waals surface area (Å²) >= 11 is 6.05. The zero-order valence-corrected chi connectivity index (χ0v) is 21.1. The van der Waals surface area contributed by atoms with Crippen molar-refractivity contribution in [1.29, 1.82) is 0 Å². The fourth-order valence-electron chi connectivity index (χ4n) is 3.41. The van der Waals surface area contributed by atoms with Gasteiger partial charge in [0.25, 0.3) is 11.8 Å². The molecule has 0 aliphatic carbocycles. The van der Waals surface area contributed by atoms with E-state index in [1.165, 1.54) is 6.21 Å². The fourth-order valence-corrected chi connectivity index (χ4v) is 3.60. The van der Waals surface area contributed by atoms with Crippen LogP contribution in [0.4, 0.5) is 5.69 Å². The van der Waals surface area contributed by atoms with E-state index in [9.17, 15) is 9.59 Å². The van der Waals surface area contributed by atoms with Gasteiger partial charge in [-0.2, -0.15) is 5.10 Å². The molecule has 0 atom stereocenters. The minimum atomic E-state index is -0.584. The Morgan fingerprint density at radius 3 is 2.38 bits per heavy atom. The van der Waals surface area contributed by atoms with Crippen molar-refractivity contribution in [3.63, 3.8) is 0 Å². The monoisotopic (exact) mass is 512 g/mol. The molecule has 4 rings (SSSR count). The predicted molar refractivity (Wildman–Crippen MR) is 148 cm³/mol. The number of furan rings is 1. The van der Waals surface area contributed by atoms with Crippen LogP contribution in [0.2, 0.25) is 5.02 Å². The van der Waals surface area contributed by atoms with Gasteiger partial charge in [0.05, 0.1) is 6.21 Å². The number of rotatable bonds is 8. The molecule has 0 radical (unpaired) electrons. The lowest BCUT2D eigenvalue weighted by molar-refractivity contribution is -0.117. The maximum Gasteiger partial charge on any atom is 0.287 e. The summed E-state index contributed by atoms with van der Waals surface area (Å²) in [5.74, 6) is 0.0625. The Kier molecular flexibility index (Phi) is 8.18. The van der Waals surface area contributed by atoms with Gasteiger partial charge in [-0.15, -0.1) is 0 Å². The van der Waals surface area contributed by atoms with Gasteiger partial charge < -0.3 is 14.6 Å². The molecule has 186 valence electrons. The van der Waals surface area contributed by atoms with Crippen molar-refractivity contribution in [1.82, 2.24) is 10.7 Å². The number of benzene rings is 3. The average Bonchev–Trinajstić information content (AvgIpc) is 3.38. The van der Waals surface area contributed by atoms with Gasteiger partial charge in [0.15, 0.2) is 0 Å². The third kappa shape index (κ3) is 6.96. The summed E-state index contributed by atoms with van der Waals surface area (Å²) in [7, 11) is 3.89. The Hall–Kier alpha value is -4.62. The van der Waals surface area contributed by atoms with Gasteiger partial charge in [0.1, 0.15) is 17.2 Å². The number of amides is 2. The van der Waals surface area contributed by atoms with Crippen LogP contribution in [0, 0.1) is 0 Å². The van der Waals surface area contributed by atoms with Crippen LogP contribution in [0.5, 0.6) is 0 Å². The number of carbonyl (C=O) groups is 2. The van der Waals surface area contributed by atoms with Crippen LogP contribution < -0.4 is 15.6 Å². The van der Waals surface area contributed by atoms with Crippen molar-refractivity contribution in [2.45, 2.75) is 0 Å². The van der Waals surface area contributed by atoms with E-state index in [1.807, 2.05) is 61.5 Å². The van der Waals surface area contributed by atoms with Crippen molar-refractivity contribution in [2.24, 2.45) is 5.10 Å². The summed E-state index contributed by atoms with van der Waals surface area (Å²) in [6, 6.07) is 27.0. The van der Waals surface area contributed by atoms with Crippen molar-refractivity contribution >= 4 is 41.4 Å². The number of hydrogen-bond donors (Lipinski definition) is 2. The molecule has 3 aromatic carbocycles. The van der Waals surface area contributed by atoms with Gasteiger partial charge in [0, 0.05) is 35.9 Å². The molecule has 8 heteroatoms. The van der Waals surface area contributed by atoms with Crippen LogP contribution in [0.15, 0.2) is 106 Å². The van der Waals surface area contributed by atoms with Crippen LogP contribution >= 0.6 is 11.6 Å². The molecule has 0 aliphatic rings. The highest BCUT2D eigenvalue weighted by molar-refractivity contribution is 6.30. The van der Waals surface area contributed by atoms with Gasteiger partial charge in [-0.05, 0) is 60.2 Å². The van der Waals surface area contributed by atoms with Crippen LogP contribution in [-0.2, 0) is 4.79 Å². The second-order valence-electron chi connectivity index (χ2n) is 8.28. The molecule has 0 aliphatic heterocycles. The molecule has 2 amide bonds.